The summed E-state index contributed by atoms with van der Waals surface area (Å²) in [6.07, 6.45) is 4.89. The molecule has 2 aliphatic carbocycles. The standard InChI is InChI=1S/C19H25NO3/c1-14(15-6-3-2-4-7-15)20-17(21)18-9-5-10-19(16(18)8-11-18)22-12-13-23-19/h2-4,6-7,14,16H,5,8-13H2,1H3,(H,20,21)/t14-,16+,18+/m0/s1. The molecule has 1 spiro atoms. The molecule has 0 aromatic heterocycles. The minimum absolute atomic E-state index is 0.0302. The molecule has 3 atom stereocenters. The van der Waals surface area contributed by atoms with E-state index in [1.807, 2.05) is 18.2 Å². The molecule has 1 saturated heterocycles. The molecule has 1 aromatic rings. The number of rotatable bonds is 3. The van der Waals surface area contributed by atoms with E-state index in [4.69, 9.17) is 9.47 Å². The van der Waals surface area contributed by atoms with E-state index < -0.39 is 5.79 Å². The largest absolute Gasteiger partial charge is 0.349 e. The zero-order valence-corrected chi connectivity index (χ0v) is 13.7. The van der Waals surface area contributed by atoms with Gasteiger partial charge in [-0.15, -0.1) is 0 Å². The zero-order valence-electron chi connectivity index (χ0n) is 13.7. The second-order valence-electron chi connectivity index (χ2n) is 7.22. The number of carbonyl (C=O) groups excluding carboxylic acids is 1. The van der Waals surface area contributed by atoms with Gasteiger partial charge < -0.3 is 14.8 Å². The number of hydrogen-bond donors (Lipinski definition) is 1. The van der Waals surface area contributed by atoms with Gasteiger partial charge in [-0.1, -0.05) is 30.3 Å². The van der Waals surface area contributed by atoms with Crippen LogP contribution in [0.25, 0.3) is 0 Å². The van der Waals surface area contributed by atoms with Gasteiger partial charge in [-0.05, 0) is 38.2 Å². The van der Waals surface area contributed by atoms with E-state index in [1.165, 1.54) is 0 Å². The summed E-state index contributed by atoms with van der Waals surface area (Å²) >= 11 is 0. The SMILES string of the molecule is C[C@H](NC(=O)[C@@]12CCCC3(OCCO3)[C@@H]1CC2)c1ccccc1. The second-order valence-corrected chi connectivity index (χ2v) is 7.22. The number of hydrogen-bond acceptors (Lipinski definition) is 3. The van der Waals surface area contributed by atoms with Crippen LogP contribution in [0.1, 0.15) is 50.6 Å². The van der Waals surface area contributed by atoms with Crippen LogP contribution in [0.5, 0.6) is 0 Å². The van der Waals surface area contributed by atoms with Gasteiger partial charge in [0.15, 0.2) is 5.79 Å². The molecule has 1 heterocycles. The zero-order chi connectivity index (χ0) is 15.9. The smallest absolute Gasteiger partial charge is 0.227 e. The quantitative estimate of drug-likeness (QED) is 0.932. The summed E-state index contributed by atoms with van der Waals surface area (Å²) in [5.74, 6) is -0.0819. The third kappa shape index (κ3) is 2.31. The van der Waals surface area contributed by atoms with Gasteiger partial charge in [0.2, 0.25) is 5.91 Å². The lowest BCUT2D eigenvalue weighted by Crippen LogP contribution is -2.63. The molecule has 124 valence electrons. The fraction of sp³-hybridized carbons (Fsp3) is 0.632. The van der Waals surface area contributed by atoms with Crippen LogP contribution >= 0.6 is 0 Å². The van der Waals surface area contributed by atoms with Crippen molar-refractivity contribution in [3.63, 3.8) is 0 Å². The van der Waals surface area contributed by atoms with Crippen molar-refractivity contribution >= 4 is 5.91 Å². The maximum absolute atomic E-state index is 13.1. The van der Waals surface area contributed by atoms with Crippen LogP contribution in [0.4, 0.5) is 0 Å². The fourth-order valence-electron chi connectivity index (χ4n) is 4.77. The first-order valence-electron chi connectivity index (χ1n) is 8.80. The van der Waals surface area contributed by atoms with Gasteiger partial charge in [0, 0.05) is 12.3 Å². The Morgan fingerprint density at radius 1 is 1.17 bits per heavy atom. The number of benzene rings is 1. The van der Waals surface area contributed by atoms with E-state index in [-0.39, 0.29) is 23.3 Å². The minimum atomic E-state index is -0.482. The molecule has 0 bridgehead atoms. The summed E-state index contributed by atoms with van der Waals surface area (Å²) in [5, 5.41) is 3.24. The molecule has 1 N–H and O–H groups in total. The minimum Gasteiger partial charge on any atom is -0.349 e. The van der Waals surface area contributed by atoms with E-state index >= 15 is 0 Å². The first kappa shape index (κ1) is 15.2. The summed E-state index contributed by atoms with van der Waals surface area (Å²) < 4.78 is 12.0. The van der Waals surface area contributed by atoms with Crippen molar-refractivity contribution in [2.75, 3.05) is 13.2 Å². The second kappa shape index (κ2) is 5.60. The molecule has 1 aliphatic heterocycles. The molecule has 4 nitrogen and oxygen atoms in total. The molecule has 3 fully saturated rings. The van der Waals surface area contributed by atoms with Crippen molar-refractivity contribution in [2.45, 2.75) is 50.9 Å². The highest BCUT2D eigenvalue weighted by atomic mass is 16.7. The van der Waals surface area contributed by atoms with Crippen molar-refractivity contribution in [2.24, 2.45) is 11.3 Å². The third-order valence-corrected chi connectivity index (χ3v) is 6.10. The van der Waals surface area contributed by atoms with Crippen LogP contribution in [-0.2, 0) is 14.3 Å². The molecule has 1 amide bonds. The Labute approximate surface area is 137 Å². The summed E-state index contributed by atoms with van der Waals surface area (Å²) in [4.78, 5) is 13.1. The molecule has 23 heavy (non-hydrogen) atoms. The molecule has 3 aliphatic rings. The molecule has 0 radical (unpaired) electrons. The van der Waals surface area contributed by atoms with Gasteiger partial charge in [0.05, 0.1) is 24.7 Å². The lowest BCUT2D eigenvalue weighted by atomic mass is 9.51. The van der Waals surface area contributed by atoms with Crippen LogP contribution in [-0.4, -0.2) is 24.9 Å². The van der Waals surface area contributed by atoms with Crippen molar-refractivity contribution in [1.82, 2.24) is 5.32 Å². The van der Waals surface area contributed by atoms with Crippen LogP contribution < -0.4 is 5.32 Å². The molecular formula is C19H25NO3. The number of nitrogens with one attached hydrogen (secondary N) is 1. The molecule has 1 aromatic carbocycles. The topological polar surface area (TPSA) is 47.6 Å². The highest BCUT2D eigenvalue weighted by molar-refractivity contribution is 5.84. The van der Waals surface area contributed by atoms with E-state index in [1.54, 1.807) is 0 Å². The Hall–Kier alpha value is -1.39. The maximum atomic E-state index is 13.1. The average molecular weight is 315 g/mol. The normalized spacial score (nSPS) is 32.8. The first-order valence-corrected chi connectivity index (χ1v) is 8.80. The number of ether oxygens (including phenoxy) is 2. The highest BCUT2D eigenvalue weighted by Crippen LogP contribution is 2.61. The van der Waals surface area contributed by atoms with E-state index in [0.717, 1.165) is 37.7 Å². The summed E-state index contributed by atoms with van der Waals surface area (Å²) in [7, 11) is 0. The Bertz CT molecular complexity index is 582. The van der Waals surface area contributed by atoms with Crippen LogP contribution in [0, 0.1) is 11.3 Å². The Balaban J connectivity index is 1.51. The van der Waals surface area contributed by atoms with Crippen molar-refractivity contribution in [1.29, 1.82) is 0 Å². The van der Waals surface area contributed by atoms with Crippen molar-refractivity contribution in [3.05, 3.63) is 35.9 Å². The lowest BCUT2D eigenvalue weighted by Gasteiger charge is -2.58. The van der Waals surface area contributed by atoms with Crippen molar-refractivity contribution < 1.29 is 14.3 Å². The maximum Gasteiger partial charge on any atom is 0.227 e. The molecular weight excluding hydrogens is 290 g/mol. The summed E-state index contributed by atoms with van der Waals surface area (Å²) in [6.45, 7) is 3.38. The predicted molar refractivity (Wildman–Crippen MR) is 86.6 cm³/mol. The summed E-state index contributed by atoms with van der Waals surface area (Å²) in [5.41, 5.74) is 0.859. The number of fused-ring (bicyclic) bond motifs is 2. The van der Waals surface area contributed by atoms with Gasteiger partial charge in [0.25, 0.3) is 0 Å². The van der Waals surface area contributed by atoms with E-state index in [9.17, 15) is 4.79 Å². The van der Waals surface area contributed by atoms with Gasteiger partial charge in [0.1, 0.15) is 0 Å². The van der Waals surface area contributed by atoms with Crippen LogP contribution in [0.15, 0.2) is 30.3 Å². The van der Waals surface area contributed by atoms with Gasteiger partial charge in [-0.25, -0.2) is 0 Å². The molecule has 2 saturated carbocycles. The fourth-order valence-corrected chi connectivity index (χ4v) is 4.77. The Kier molecular flexibility index (Phi) is 3.69. The lowest BCUT2D eigenvalue weighted by molar-refractivity contribution is -0.270. The third-order valence-electron chi connectivity index (χ3n) is 6.10. The van der Waals surface area contributed by atoms with E-state index in [2.05, 4.69) is 24.4 Å². The molecule has 4 rings (SSSR count). The van der Waals surface area contributed by atoms with Crippen LogP contribution in [0.2, 0.25) is 0 Å². The van der Waals surface area contributed by atoms with E-state index in [0.29, 0.717) is 13.2 Å². The Morgan fingerprint density at radius 3 is 2.57 bits per heavy atom. The number of amides is 1. The summed E-state index contributed by atoms with van der Waals surface area (Å²) in [6, 6.07) is 10.2. The van der Waals surface area contributed by atoms with Gasteiger partial charge >= 0.3 is 0 Å². The first-order chi connectivity index (χ1) is 11.2. The molecule has 0 unspecified atom stereocenters. The van der Waals surface area contributed by atoms with Crippen molar-refractivity contribution in [3.8, 4) is 0 Å². The monoisotopic (exact) mass is 315 g/mol. The van der Waals surface area contributed by atoms with Crippen LogP contribution in [0.3, 0.4) is 0 Å². The predicted octanol–water partition coefficient (Wildman–Crippen LogP) is 3.19. The average Bonchev–Trinajstić information content (AvgIpc) is 2.99. The highest BCUT2D eigenvalue weighted by Gasteiger charge is 2.65. The van der Waals surface area contributed by atoms with Gasteiger partial charge in [-0.2, -0.15) is 0 Å². The molecule has 4 heteroatoms. The number of carbonyl (C=O) groups is 1. The Morgan fingerprint density at radius 2 is 1.91 bits per heavy atom. The van der Waals surface area contributed by atoms with Gasteiger partial charge in [-0.3, -0.25) is 4.79 Å².